The Balaban J connectivity index is 2.79. The summed E-state index contributed by atoms with van der Waals surface area (Å²) >= 11 is 0. The second-order valence-corrected chi connectivity index (χ2v) is 5.45. The van der Waals surface area contributed by atoms with Crippen LogP contribution >= 0.6 is 0 Å². The van der Waals surface area contributed by atoms with Gasteiger partial charge in [0.1, 0.15) is 0 Å². The molecule has 4 N–H and O–H groups in total. The molecule has 1 aromatic heterocycles. The van der Waals surface area contributed by atoms with Gasteiger partial charge in [0.05, 0.1) is 10.9 Å². The molecule has 0 atom stereocenters. The lowest BCUT2D eigenvalue weighted by atomic mass is 10.0. The molecule has 26 heavy (non-hydrogen) atoms. The van der Waals surface area contributed by atoms with Crippen LogP contribution in [0, 0.1) is 0 Å². The molecule has 0 unspecified atom stereocenters. The molecule has 2 aromatic rings. The number of halogens is 3. The van der Waals surface area contributed by atoms with Gasteiger partial charge in [-0.25, -0.2) is 0 Å². The molecular weight excluding hydrogens is 353 g/mol. The summed E-state index contributed by atoms with van der Waals surface area (Å²) in [5, 5.41) is 18.9. The van der Waals surface area contributed by atoms with Crippen LogP contribution in [0.2, 0.25) is 0 Å². The fourth-order valence-electron chi connectivity index (χ4n) is 2.30. The first kappa shape index (κ1) is 19.4. The predicted octanol–water partition coefficient (Wildman–Crippen LogP) is 3.39. The summed E-state index contributed by atoms with van der Waals surface area (Å²) in [5.74, 6) is -3.29. The van der Waals surface area contributed by atoms with E-state index in [2.05, 4.69) is 4.99 Å². The molecule has 0 aliphatic heterocycles. The largest absolute Gasteiger partial charge is 0.504 e. The van der Waals surface area contributed by atoms with E-state index in [1.165, 1.54) is 0 Å². The fourth-order valence-corrected chi connectivity index (χ4v) is 2.30. The number of unbranched alkanes of at least 4 members (excludes halogenated alkanes) is 1. The number of nitrogens with zero attached hydrogens (tertiary/aromatic N) is 1. The number of phenols is 2. The standard InChI is InChI=1S/C17H17F3N2O4/c1-2-3-6-22-8-9(7-21)12-13(24)10-4-5-11(23)14(25)15(10)26-16(12)17(18,19)20/h4-5,7-8,23,25H,2-3,6,21H2,1H3/b9-7+,22-8?. The van der Waals surface area contributed by atoms with Crippen molar-refractivity contribution < 1.29 is 27.8 Å². The van der Waals surface area contributed by atoms with Gasteiger partial charge >= 0.3 is 6.18 Å². The van der Waals surface area contributed by atoms with Crippen molar-refractivity contribution in [2.45, 2.75) is 25.9 Å². The third kappa shape index (κ3) is 3.66. The highest BCUT2D eigenvalue weighted by Gasteiger charge is 2.40. The number of rotatable bonds is 5. The summed E-state index contributed by atoms with van der Waals surface area (Å²) in [6.07, 6.45) is -1.55. The molecule has 0 aliphatic carbocycles. The molecule has 0 aliphatic rings. The van der Waals surface area contributed by atoms with E-state index in [9.17, 15) is 28.2 Å². The normalized spacial score (nSPS) is 13.0. The Morgan fingerprint density at radius 3 is 2.62 bits per heavy atom. The van der Waals surface area contributed by atoms with Crippen LogP contribution in [0.3, 0.4) is 0 Å². The van der Waals surface area contributed by atoms with Gasteiger partial charge in [0, 0.05) is 24.5 Å². The molecule has 0 saturated heterocycles. The minimum atomic E-state index is -5.04. The highest BCUT2D eigenvalue weighted by molar-refractivity contribution is 6.10. The Morgan fingerprint density at radius 2 is 2.04 bits per heavy atom. The van der Waals surface area contributed by atoms with Crippen molar-refractivity contribution in [3.63, 3.8) is 0 Å². The van der Waals surface area contributed by atoms with E-state index in [1.807, 2.05) is 6.92 Å². The van der Waals surface area contributed by atoms with Gasteiger partial charge in [-0.15, -0.1) is 0 Å². The van der Waals surface area contributed by atoms with Crippen LogP contribution in [0.4, 0.5) is 13.2 Å². The van der Waals surface area contributed by atoms with Crippen molar-refractivity contribution in [3.05, 3.63) is 39.9 Å². The molecule has 0 amide bonds. The van der Waals surface area contributed by atoms with E-state index in [1.54, 1.807) is 0 Å². The monoisotopic (exact) mass is 370 g/mol. The van der Waals surface area contributed by atoms with Gasteiger partial charge in [-0.2, -0.15) is 13.2 Å². The van der Waals surface area contributed by atoms with Crippen LogP contribution in [0.15, 0.2) is 32.5 Å². The second-order valence-electron chi connectivity index (χ2n) is 5.45. The molecule has 0 radical (unpaired) electrons. The Morgan fingerprint density at radius 1 is 1.35 bits per heavy atom. The lowest BCUT2D eigenvalue weighted by Crippen LogP contribution is -2.19. The molecule has 2 rings (SSSR count). The van der Waals surface area contributed by atoms with Crippen molar-refractivity contribution in [2.75, 3.05) is 6.54 Å². The summed E-state index contributed by atoms with van der Waals surface area (Å²) in [7, 11) is 0. The lowest BCUT2D eigenvalue weighted by Gasteiger charge is -2.13. The van der Waals surface area contributed by atoms with E-state index in [0.717, 1.165) is 37.4 Å². The van der Waals surface area contributed by atoms with E-state index >= 15 is 0 Å². The first-order chi connectivity index (χ1) is 12.2. The number of fused-ring (bicyclic) bond motifs is 1. The summed E-state index contributed by atoms with van der Waals surface area (Å²) in [6.45, 7) is 2.29. The minimum absolute atomic E-state index is 0.253. The summed E-state index contributed by atoms with van der Waals surface area (Å²) < 4.78 is 45.1. The first-order valence-corrected chi connectivity index (χ1v) is 7.73. The summed E-state index contributed by atoms with van der Waals surface area (Å²) in [6, 6.07) is 2.04. The number of phenolic OH excluding ortho intramolecular Hbond substituents is 2. The van der Waals surface area contributed by atoms with Gasteiger partial charge in [0.2, 0.25) is 16.9 Å². The SMILES string of the molecule is CCCCN=C/C(=C\N)c1c(C(F)(F)F)oc2c(O)c(O)ccc2c1=O. The van der Waals surface area contributed by atoms with Crippen LogP contribution in [-0.4, -0.2) is 23.0 Å². The van der Waals surface area contributed by atoms with Crippen LogP contribution in [0.25, 0.3) is 16.5 Å². The van der Waals surface area contributed by atoms with Gasteiger partial charge in [-0.3, -0.25) is 9.79 Å². The van der Waals surface area contributed by atoms with Crippen molar-refractivity contribution >= 4 is 22.8 Å². The molecular formula is C17H17F3N2O4. The number of hydrogen-bond donors (Lipinski definition) is 3. The fraction of sp³-hybridized carbons (Fsp3) is 0.294. The minimum Gasteiger partial charge on any atom is -0.504 e. The topological polar surface area (TPSA) is 109 Å². The number of benzene rings is 1. The van der Waals surface area contributed by atoms with Crippen molar-refractivity contribution in [2.24, 2.45) is 10.7 Å². The summed E-state index contributed by atoms with van der Waals surface area (Å²) in [4.78, 5) is 16.6. The molecule has 0 bridgehead atoms. The maximum absolute atomic E-state index is 13.4. The zero-order valence-corrected chi connectivity index (χ0v) is 13.8. The smallest absolute Gasteiger partial charge is 0.450 e. The number of nitrogens with two attached hydrogens (primary N) is 1. The van der Waals surface area contributed by atoms with Gasteiger partial charge in [-0.05, 0) is 18.6 Å². The molecule has 9 heteroatoms. The maximum atomic E-state index is 13.4. The van der Waals surface area contributed by atoms with Crippen molar-refractivity contribution in [1.82, 2.24) is 0 Å². The van der Waals surface area contributed by atoms with E-state index in [-0.39, 0.29) is 11.0 Å². The molecule has 1 heterocycles. The molecule has 0 spiro atoms. The Hall–Kier alpha value is -2.97. The average molecular weight is 370 g/mol. The average Bonchev–Trinajstić information content (AvgIpc) is 2.58. The quantitative estimate of drug-likeness (QED) is 0.425. The van der Waals surface area contributed by atoms with E-state index in [4.69, 9.17) is 10.2 Å². The van der Waals surface area contributed by atoms with Gasteiger partial charge < -0.3 is 20.4 Å². The van der Waals surface area contributed by atoms with Crippen molar-refractivity contribution in [1.29, 1.82) is 0 Å². The number of allylic oxidation sites excluding steroid dienone is 1. The van der Waals surface area contributed by atoms with Crippen LogP contribution < -0.4 is 11.2 Å². The predicted molar refractivity (Wildman–Crippen MR) is 91.2 cm³/mol. The Labute approximate surface area is 146 Å². The van der Waals surface area contributed by atoms with Gasteiger partial charge in [-0.1, -0.05) is 13.3 Å². The zero-order chi connectivity index (χ0) is 19.5. The van der Waals surface area contributed by atoms with Crippen molar-refractivity contribution in [3.8, 4) is 11.5 Å². The molecule has 6 nitrogen and oxygen atoms in total. The number of hydrogen-bond acceptors (Lipinski definition) is 6. The molecule has 0 fully saturated rings. The molecule has 1 aromatic carbocycles. The Bertz CT molecular complexity index is 930. The number of aromatic hydroxyl groups is 2. The van der Waals surface area contributed by atoms with Gasteiger partial charge in [0.25, 0.3) is 0 Å². The molecule has 140 valence electrons. The van der Waals surface area contributed by atoms with E-state index in [0.29, 0.717) is 6.54 Å². The molecule has 0 saturated carbocycles. The summed E-state index contributed by atoms with van der Waals surface area (Å²) in [5.41, 5.74) is 2.54. The first-order valence-electron chi connectivity index (χ1n) is 7.73. The Kier molecular flexibility index (Phi) is 5.59. The lowest BCUT2D eigenvalue weighted by molar-refractivity contribution is -0.153. The maximum Gasteiger partial charge on any atom is 0.450 e. The highest BCUT2D eigenvalue weighted by Crippen LogP contribution is 2.39. The van der Waals surface area contributed by atoms with Crippen LogP contribution in [-0.2, 0) is 6.18 Å². The van der Waals surface area contributed by atoms with Crippen LogP contribution in [0.1, 0.15) is 31.1 Å². The van der Waals surface area contributed by atoms with Crippen LogP contribution in [0.5, 0.6) is 11.5 Å². The van der Waals surface area contributed by atoms with Gasteiger partial charge in [0.15, 0.2) is 11.3 Å². The second kappa shape index (κ2) is 7.51. The third-order valence-corrected chi connectivity index (χ3v) is 3.61. The highest BCUT2D eigenvalue weighted by atomic mass is 19.4. The zero-order valence-electron chi connectivity index (χ0n) is 13.8. The number of alkyl halides is 3. The number of aliphatic imine (C=N–C) groups is 1. The third-order valence-electron chi connectivity index (χ3n) is 3.61. The van der Waals surface area contributed by atoms with E-state index < -0.39 is 40.0 Å².